The molecule has 0 unspecified atom stereocenters. The van der Waals surface area contributed by atoms with Crippen LogP contribution in [0.2, 0.25) is 0 Å². The van der Waals surface area contributed by atoms with Crippen molar-refractivity contribution in [1.29, 1.82) is 0 Å². The molecule has 0 saturated carbocycles. The minimum atomic E-state index is -0.422. The van der Waals surface area contributed by atoms with Crippen molar-refractivity contribution >= 4 is 11.7 Å². The van der Waals surface area contributed by atoms with Crippen molar-refractivity contribution < 1.29 is 9.90 Å². The number of anilines is 1. The van der Waals surface area contributed by atoms with Gasteiger partial charge < -0.3 is 15.7 Å². The smallest absolute Gasteiger partial charge is 0.319 e. The standard InChI is InChI=1S/C14H22N2O2/c1-14(2,3)12(17)9-10-15-13(18)16-11-7-5-4-6-8-11/h4-8,12,17H,9-10H2,1-3H3,(H2,15,16,18)/t12-/m0/s1. The summed E-state index contributed by atoms with van der Waals surface area (Å²) in [5.41, 5.74) is 0.601. The number of benzene rings is 1. The molecule has 0 aliphatic heterocycles. The lowest BCUT2D eigenvalue weighted by molar-refractivity contribution is 0.0565. The second-order valence-electron chi connectivity index (χ2n) is 5.42. The summed E-state index contributed by atoms with van der Waals surface area (Å²) in [6.07, 6.45) is 0.126. The Morgan fingerprint density at radius 2 is 1.89 bits per heavy atom. The van der Waals surface area contributed by atoms with Crippen molar-refractivity contribution in [2.45, 2.75) is 33.3 Å². The maximum Gasteiger partial charge on any atom is 0.319 e. The topological polar surface area (TPSA) is 61.4 Å². The number of carbonyl (C=O) groups is 1. The van der Waals surface area contributed by atoms with E-state index >= 15 is 0 Å². The van der Waals surface area contributed by atoms with Crippen molar-refractivity contribution in [3.8, 4) is 0 Å². The van der Waals surface area contributed by atoms with Gasteiger partial charge in [-0.05, 0) is 24.0 Å². The molecule has 0 spiro atoms. The van der Waals surface area contributed by atoms with Gasteiger partial charge in [0.2, 0.25) is 0 Å². The van der Waals surface area contributed by atoms with E-state index in [0.717, 1.165) is 5.69 Å². The highest BCUT2D eigenvalue weighted by molar-refractivity contribution is 5.89. The predicted octanol–water partition coefficient (Wildman–Crippen LogP) is 2.61. The number of urea groups is 1. The van der Waals surface area contributed by atoms with Crippen LogP contribution in [0.1, 0.15) is 27.2 Å². The van der Waals surface area contributed by atoms with Gasteiger partial charge in [0.1, 0.15) is 0 Å². The number of nitrogens with one attached hydrogen (secondary N) is 2. The zero-order valence-corrected chi connectivity index (χ0v) is 11.2. The number of carbonyl (C=O) groups excluding carboxylic acids is 1. The van der Waals surface area contributed by atoms with Crippen molar-refractivity contribution in [3.05, 3.63) is 30.3 Å². The summed E-state index contributed by atoms with van der Waals surface area (Å²) in [5, 5.41) is 15.3. The first-order valence-electron chi connectivity index (χ1n) is 6.17. The third kappa shape index (κ3) is 5.19. The van der Waals surface area contributed by atoms with Crippen LogP contribution in [0.3, 0.4) is 0 Å². The zero-order valence-electron chi connectivity index (χ0n) is 11.2. The minimum Gasteiger partial charge on any atom is -0.393 e. The number of amides is 2. The summed E-state index contributed by atoms with van der Waals surface area (Å²) in [6, 6.07) is 9.01. The van der Waals surface area contributed by atoms with Crippen LogP contribution in [0.25, 0.3) is 0 Å². The summed E-state index contributed by atoms with van der Waals surface area (Å²) in [5.74, 6) is 0. The van der Waals surface area contributed by atoms with Gasteiger partial charge in [-0.3, -0.25) is 0 Å². The Balaban J connectivity index is 2.26. The number of hydrogen-bond donors (Lipinski definition) is 3. The fraction of sp³-hybridized carbons (Fsp3) is 0.500. The second-order valence-corrected chi connectivity index (χ2v) is 5.42. The Kier molecular flexibility index (Phi) is 5.16. The largest absolute Gasteiger partial charge is 0.393 e. The first kappa shape index (κ1) is 14.5. The molecule has 18 heavy (non-hydrogen) atoms. The van der Waals surface area contributed by atoms with Gasteiger partial charge in [0.25, 0.3) is 0 Å². The molecule has 0 saturated heterocycles. The highest BCUT2D eigenvalue weighted by Crippen LogP contribution is 2.20. The Morgan fingerprint density at radius 3 is 2.44 bits per heavy atom. The second kappa shape index (κ2) is 6.40. The molecule has 0 aliphatic rings. The minimum absolute atomic E-state index is 0.155. The fourth-order valence-electron chi connectivity index (χ4n) is 1.45. The van der Waals surface area contributed by atoms with Crippen molar-refractivity contribution in [1.82, 2.24) is 5.32 Å². The van der Waals surface area contributed by atoms with Crippen molar-refractivity contribution in [2.75, 3.05) is 11.9 Å². The lowest BCUT2D eigenvalue weighted by Crippen LogP contribution is -2.34. The van der Waals surface area contributed by atoms with E-state index in [-0.39, 0.29) is 11.4 Å². The maximum absolute atomic E-state index is 11.5. The summed E-state index contributed by atoms with van der Waals surface area (Å²) < 4.78 is 0. The fourth-order valence-corrected chi connectivity index (χ4v) is 1.45. The molecule has 2 amide bonds. The van der Waals surface area contributed by atoms with Gasteiger partial charge in [-0.15, -0.1) is 0 Å². The summed E-state index contributed by atoms with van der Waals surface area (Å²) >= 11 is 0. The molecule has 1 aromatic rings. The van der Waals surface area contributed by atoms with E-state index in [1.807, 2.05) is 51.1 Å². The third-order valence-electron chi connectivity index (χ3n) is 2.73. The SMILES string of the molecule is CC(C)(C)[C@@H](O)CCNC(=O)Nc1ccccc1. The molecule has 0 aliphatic carbocycles. The quantitative estimate of drug-likeness (QED) is 0.769. The van der Waals surface area contributed by atoms with Gasteiger partial charge in [-0.2, -0.15) is 0 Å². The lowest BCUT2D eigenvalue weighted by atomic mass is 9.87. The number of rotatable bonds is 4. The molecule has 1 aromatic carbocycles. The van der Waals surface area contributed by atoms with E-state index in [2.05, 4.69) is 10.6 Å². The molecule has 1 rings (SSSR count). The molecule has 4 heteroatoms. The van der Waals surface area contributed by atoms with Gasteiger partial charge >= 0.3 is 6.03 Å². The maximum atomic E-state index is 11.5. The molecule has 3 N–H and O–H groups in total. The molecule has 100 valence electrons. The predicted molar refractivity (Wildman–Crippen MR) is 73.5 cm³/mol. The van der Waals surface area contributed by atoms with Gasteiger partial charge in [0, 0.05) is 12.2 Å². The summed E-state index contributed by atoms with van der Waals surface area (Å²) in [6.45, 7) is 6.38. The van der Waals surface area contributed by atoms with Crippen LogP contribution >= 0.6 is 0 Å². The van der Waals surface area contributed by atoms with Crippen LogP contribution < -0.4 is 10.6 Å². The van der Waals surface area contributed by atoms with E-state index in [4.69, 9.17) is 0 Å². The monoisotopic (exact) mass is 250 g/mol. The molecule has 1 atom stereocenters. The van der Waals surface area contributed by atoms with Crippen LogP contribution in [-0.2, 0) is 0 Å². The molecular weight excluding hydrogens is 228 g/mol. The van der Waals surface area contributed by atoms with Gasteiger partial charge in [0.15, 0.2) is 0 Å². The van der Waals surface area contributed by atoms with Crippen LogP contribution in [0, 0.1) is 5.41 Å². The van der Waals surface area contributed by atoms with Crippen molar-refractivity contribution in [2.24, 2.45) is 5.41 Å². The Bertz CT molecular complexity index is 371. The molecule has 0 bridgehead atoms. The van der Waals surface area contributed by atoms with Crippen LogP contribution in [-0.4, -0.2) is 23.8 Å². The normalized spacial score (nSPS) is 12.9. The summed E-state index contributed by atoms with van der Waals surface area (Å²) in [4.78, 5) is 11.5. The van der Waals surface area contributed by atoms with Crippen LogP contribution in [0.4, 0.5) is 10.5 Å². The summed E-state index contributed by atoms with van der Waals surface area (Å²) in [7, 11) is 0. The highest BCUT2D eigenvalue weighted by atomic mass is 16.3. The molecule has 0 radical (unpaired) electrons. The number of para-hydroxylation sites is 1. The molecule has 0 aromatic heterocycles. The van der Waals surface area contributed by atoms with Gasteiger partial charge in [-0.25, -0.2) is 4.79 Å². The molecule has 0 fully saturated rings. The van der Waals surface area contributed by atoms with E-state index in [1.54, 1.807) is 0 Å². The first-order chi connectivity index (χ1) is 8.39. The number of aliphatic hydroxyl groups excluding tert-OH is 1. The third-order valence-corrected chi connectivity index (χ3v) is 2.73. The van der Waals surface area contributed by atoms with Crippen LogP contribution in [0.15, 0.2) is 30.3 Å². The highest BCUT2D eigenvalue weighted by Gasteiger charge is 2.21. The first-order valence-corrected chi connectivity index (χ1v) is 6.17. The van der Waals surface area contributed by atoms with Gasteiger partial charge in [-0.1, -0.05) is 39.0 Å². The van der Waals surface area contributed by atoms with Crippen LogP contribution in [0.5, 0.6) is 0 Å². The Labute approximate surface area is 108 Å². The number of aliphatic hydroxyl groups is 1. The van der Waals surface area contributed by atoms with E-state index in [0.29, 0.717) is 13.0 Å². The molecule has 4 nitrogen and oxygen atoms in total. The zero-order chi connectivity index (χ0) is 13.6. The lowest BCUT2D eigenvalue weighted by Gasteiger charge is -2.25. The van der Waals surface area contributed by atoms with Crippen molar-refractivity contribution in [3.63, 3.8) is 0 Å². The van der Waals surface area contributed by atoms with Gasteiger partial charge in [0.05, 0.1) is 6.10 Å². The average Bonchev–Trinajstić information content (AvgIpc) is 2.28. The van der Waals surface area contributed by atoms with E-state index < -0.39 is 6.10 Å². The Hall–Kier alpha value is -1.55. The number of hydrogen-bond acceptors (Lipinski definition) is 2. The van der Waals surface area contributed by atoms with E-state index in [1.165, 1.54) is 0 Å². The molecule has 0 heterocycles. The Morgan fingerprint density at radius 1 is 1.28 bits per heavy atom. The molecular formula is C14H22N2O2. The van der Waals surface area contributed by atoms with E-state index in [9.17, 15) is 9.90 Å². The average molecular weight is 250 g/mol.